The van der Waals surface area contributed by atoms with Gasteiger partial charge in [-0.2, -0.15) is 0 Å². The van der Waals surface area contributed by atoms with E-state index in [1.54, 1.807) is 0 Å². The third-order valence-electron chi connectivity index (χ3n) is 3.79. The average molecular weight is 249 g/mol. The molecule has 2 unspecified atom stereocenters. The van der Waals surface area contributed by atoms with E-state index < -0.39 is 0 Å². The van der Waals surface area contributed by atoms with Gasteiger partial charge >= 0.3 is 0 Å². The predicted molar refractivity (Wildman–Crippen MR) is 72.1 cm³/mol. The number of hydrogen-bond donors (Lipinski definition) is 2. The second-order valence-corrected chi connectivity index (χ2v) is 4.93. The summed E-state index contributed by atoms with van der Waals surface area (Å²) in [4.78, 5) is 6.76. The van der Waals surface area contributed by atoms with E-state index in [1.807, 2.05) is 24.4 Å². The molecule has 100 valence electrons. The van der Waals surface area contributed by atoms with Crippen LogP contribution in [0.25, 0.3) is 0 Å². The summed E-state index contributed by atoms with van der Waals surface area (Å²) in [5.74, 6) is 0. The Hall–Kier alpha value is -0.970. The number of aliphatic hydroxyl groups is 1. The minimum Gasteiger partial charge on any atom is -0.395 e. The monoisotopic (exact) mass is 249 g/mol. The molecule has 0 aliphatic carbocycles. The fraction of sp³-hybridized carbons (Fsp3) is 0.643. The van der Waals surface area contributed by atoms with Gasteiger partial charge in [0.25, 0.3) is 0 Å². The first-order valence-electron chi connectivity index (χ1n) is 6.84. The molecule has 1 saturated heterocycles. The lowest BCUT2D eigenvalue weighted by Gasteiger charge is -2.35. The second-order valence-electron chi connectivity index (χ2n) is 4.93. The van der Waals surface area contributed by atoms with Crippen molar-refractivity contribution in [2.24, 2.45) is 5.73 Å². The molecule has 1 aromatic rings. The number of aliphatic hydroxyl groups excluding tert-OH is 1. The minimum atomic E-state index is 0.126. The summed E-state index contributed by atoms with van der Waals surface area (Å²) in [6, 6.07) is 6.29. The molecule has 3 N–H and O–H groups in total. The Morgan fingerprint density at radius 1 is 1.39 bits per heavy atom. The Bertz CT molecular complexity index is 344. The molecule has 2 atom stereocenters. The van der Waals surface area contributed by atoms with Crippen LogP contribution in [0.4, 0.5) is 0 Å². The van der Waals surface area contributed by atoms with Crippen LogP contribution in [0, 0.1) is 0 Å². The van der Waals surface area contributed by atoms with Gasteiger partial charge in [0.2, 0.25) is 0 Å². The topological polar surface area (TPSA) is 62.4 Å². The summed E-state index contributed by atoms with van der Waals surface area (Å²) in [5, 5.41) is 9.57. The van der Waals surface area contributed by atoms with E-state index in [1.165, 1.54) is 19.3 Å². The number of rotatable bonds is 4. The van der Waals surface area contributed by atoms with Gasteiger partial charge in [0.05, 0.1) is 18.3 Å². The summed E-state index contributed by atoms with van der Waals surface area (Å²) in [6.07, 6.45) is 6.48. The van der Waals surface area contributed by atoms with Crippen molar-refractivity contribution in [3.63, 3.8) is 0 Å². The van der Waals surface area contributed by atoms with Crippen LogP contribution in [0.15, 0.2) is 24.4 Å². The zero-order valence-corrected chi connectivity index (χ0v) is 10.8. The molecule has 0 aromatic carbocycles. The Balaban J connectivity index is 2.19. The summed E-state index contributed by atoms with van der Waals surface area (Å²) in [6.45, 7) is 1.76. The largest absolute Gasteiger partial charge is 0.395 e. The van der Waals surface area contributed by atoms with Crippen molar-refractivity contribution >= 4 is 0 Å². The molecule has 4 heteroatoms. The van der Waals surface area contributed by atoms with Crippen LogP contribution < -0.4 is 5.73 Å². The average Bonchev–Trinajstić information content (AvgIpc) is 2.66. The quantitative estimate of drug-likeness (QED) is 0.845. The van der Waals surface area contributed by atoms with Gasteiger partial charge < -0.3 is 10.8 Å². The molecule has 1 aromatic heterocycles. The fourth-order valence-electron chi connectivity index (χ4n) is 2.81. The molecule has 0 radical (unpaired) electrons. The zero-order chi connectivity index (χ0) is 12.8. The Kier molecular flexibility index (Phi) is 5.11. The number of aromatic nitrogens is 1. The molecular weight excluding hydrogens is 226 g/mol. The first kappa shape index (κ1) is 13.5. The number of hydrogen-bond acceptors (Lipinski definition) is 4. The highest BCUT2D eigenvalue weighted by atomic mass is 16.3. The van der Waals surface area contributed by atoms with Crippen LogP contribution in [0.2, 0.25) is 0 Å². The van der Waals surface area contributed by atoms with Crippen LogP contribution in [0.5, 0.6) is 0 Å². The van der Waals surface area contributed by atoms with E-state index in [9.17, 15) is 5.11 Å². The maximum Gasteiger partial charge on any atom is 0.0647 e. The van der Waals surface area contributed by atoms with Crippen molar-refractivity contribution in [3.05, 3.63) is 30.1 Å². The van der Waals surface area contributed by atoms with Crippen molar-refractivity contribution in [1.82, 2.24) is 9.88 Å². The molecule has 1 fully saturated rings. The van der Waals surface area contributed by atoms with Crippen molar-refractivity contribution in [2.75, 3.05) is 19.7 Å². The third kappa shape index (κ3) is 3.07. The lowest BCUT2D eigenvalue weighted by molar-refractivity contribution is 0.0854. The molecular formula is C14H23N3O. The number of nitrogens with zero attached hydrogens (tertiary/aromatic N) is 2. The molecule has 18 heavy (non-hydrogen) atoms. The summed E-state index contributed by atoms with van der Waals surface area (Å²) in [7, 11) is 0. The fourth-order valence-corrected chi connectivity index (χ4v) is 2.81. The van der Waals surface area contributed by atoms with Gasteiger partial charge in [0.1, 0.15) is 0 Å². The highest BCUT2D eigenvalue weighted by molar-refractivity contribution is 5.10. The van der Waals surface area contributed by atoms with E-state index in [2.05, 4.69) is 9.88 Å². The number of likely N-dealkylation sites (tertiary alicyclic amines) is 1. The molecule has 0 bridgehead atoms. The van der Waals surface area contributed by atoms with Crippen LogP contribution in [-0.2, 0) is 0 Å². The van der Waals surface area contributed by atoms with Crippen molar-refractivity contribution in [2.45, 2.75) is 37.8 Å². The Morgan fingerprint density at radius 3 is 2.94 bits per heavy atom. The van der Waals surface area contributed by atoms with E-state index in [0.29, 0.717) is 6.54 Å². The van der Waals surface area contributed by atoms with Gasteiger partial charge in [-0.15, -0.1) is 0 Å². The summed E-state index contributed by atoms with van der Waals surface area (Å²) < 4.78 is 0. The molecule has 2 heterocycles. The zero-order valence-electron chi connectivity index (χ0n) is 10.8. The van der Waals surface area contributed by atoms with Crippen LogP contribution >= 0.6 is 0 Å². The number of nitrogens with two attached hydrogens (primary N) is 1. The lowest BCUT2D eigenvalue weighted by Crippen LogP contribution is -2.43. The Morgan fingerprint density at radius 2 is 2.28 bits per heavy atom. The van der Waals surface area contributed by atoms with E-state index in [0.717, 1.165) is 18.7 Å². The minimum absolute atomic E-state index is 0.126. The van der Waals surface area contributed by atoms with Gasteiger partial charge in [-0.3, -0.25) is 9.88 Å². The molecule has 2 rings (SSSR count). The smallest absolute Gasteiger partial charge is 0.0647 e. The van der Waals surface area contributed by atoms with Crippen LogP contribution in [0.3, 0.4) is 0 Å². The van der Waals surface area contributed by atoms with E-state index in [4.69, 9.17) is 5.73 Å². The molecule has 0 amide bonds. The normalized spacial score (nSPS) is 23.6. The van der Waals surface area contributed by atoms with Gasteiger partial charge in [-0.05, 0) is 31.5 Å². The standard InChI is InChI=1S/C14H23N3O/c15-10-14(13-7-3-4-8-16-13)17-9-5-1-2-6-12(17)11-18/h3-4,7-8,12,14,18H,1-2,5-6,9-11,15H2. The maximum atomic E-state index is 9.57. The molecule has 0 saturated carbocycles. The number of pyridine rings is 1. The predicted octanol–water partition coefficient (Wildman–Crippen LogP) is 1.32. The molecule has 4 nitrogen and oxygen atoms in total. The van der Waals surface area contributed by atoms with Gasteiger partial charge in [0, 0.05) is 18.8 Å². The SMILES string of the molecule is NCC(c1ccccn1)N1CCCCCC1CO. The lowest BCUT2D eigenvalue weighted by atomic mass is 10.1. The first-order valence-corrected chi connectivity index (χ1v) is 6.84. The van der Waals surface area contributed by atoms with E-state index in [-0.39, 0.29) is 18.7 Å². The van der Waals surface area contributed by atoms with Crippen LogP contribution in [-0.4, -0.2) is 40.7 Å². The van der Waals surface area contributed by atoms with Crippen molar-refractivity contribution in [3.8, 4) is 0 Å². The molecule has 1 aliphatic rings. The summed E-state index contributed by atoms with van der Waals surface area (Å²) in [5.41, 5.74) is 6.95. The van der Waals surface area contributed by atoms with Gasteiger partial charge in [-0.1, -0.05) is 18.9 Å². The first-order chi connectivity index (χ1) is 8.86. The van der Waals surface area contributed by atoms with Gasteiger partial charge in [0.15, 0.2) is 0 Å². The summed E-state index contributed by atoms with van der Waals surface area (Å²) >= 11 is 0. The van der Waals surface area contributed by atoms with Gasteiger partial charge in [-0.25, -0.2) is 0 Å². The Labute approximate surface area is 109 Å². The van der Waals surface area contributed by atoms with Crippen LogP contribution in [0.1, 0.15) is 37.4 Å². The highest BCUT2D eigenvalue weighted by Gasteiger charge is 2.28. The molecule has 1 aliphatic heterocycles. The van der Waals surface area contributed by atoms with Crippen molar-refractivity contribution < 1.29 is 5.11 Å². The maximum absolute atomic E-state index is 9.57. The van der Waals surface area contributed by atoms with Crippen molar-refractivity contribution in [1.29, 1.82) is 0 Å². The van der Waals surface area contributed by atoms with E-state index >= 15 is 0 Å². The highest BCUT2D eigenvalue weighted by Crippen LogP contribution is 2.26. The second kappa shape index (κ2) is 6.83. The molecule has 0 spiro atoms. The third-order valence-corrected chi connectivity index (χ3v) is 3.79.